The minimum atomic E-state index is -0.904. The average molecular weight is 440 g/mol. The number of carbonyl (C=O) groups is 3. The molecule has 1 heterocycles. The number of hydrogen-bond acceptors (Lipinski definition) is 8. The van der Waals surface area contributed by atoms with Crippen LogP contribution in [0.5, 0.6) is 11.6 Å². The van der Waals surface area contributed by atoms with Crippen molar-refractivity contribution in [1.82, 2.24) is 20.6 Å². The van der Waals surface area contributed by atoms with Gasteiger partial charge in [0.15, 0.2) is 0 Å². The fourth-order valence-electron chi connectivity index (χ4n) is 2.52. The van der Waals surface area contributed by atoms with Crippen LogP contribution in [0.1, 0.15) is 25.1 Å². The Balaban J connectivity index is 2.05. The number of hydrogen-bond donors (Lipinski definition) is 3. The maximum absolute atomic E-state index is 12.4. The molecule has 1 atom stereocenters. The van der Waals surface area contributed by atoms with E-state index in [1.54, 1.807) is 51.1 Å². The summed E-state index contributed by atoms with van der Waals surface area (Å²) in [5, 5.41) is 16.3. The van der Waals surface area contributed by atoms with Gasteiger partial charge in [-0.25, -0.2) is 9.78 Å². The summed E-state index contributed by atoms with van der Waals surface area (Å²) in [7, 11) is 1.21. The van der Waals surface area contributed by atoms with Crippen LogP contribution >= 0.6 is 0 Å². The van der Waals surface area contributed by atoms with E-state index in [0.29, 0.717) is 17.0 Å². The fraction of sp³-hybridized carbons (Fsp3) is 0.333. The minimum Gasteiger partial charge on any atom is -0.468 e. The Bertz CT molecular complexity index is 1020. The number of ether oxygens (including phenoxy) is 2. The summed E-state index contributed by atoms with van der Waals surface area (Å²) in [4.78, 5) is 44.3. The second-order valence-electron chi connectivity index (χ2n) is 7.02. The van der Waals surface area contributed by atoms with Crippen LogP contribution < -0.4 is 20.7 Å². The summed E-state index contributed by atoms with van der Waals surface area (Å²) in [6.07, 6.45) is 0. The number of urea groups is 1. The van der Waals surface area contributed by atoms with E-state index >= 15 is 0 Å². The zero-order valence-corrected chi connectivity index (χ0v) is 18.1. The summed E-state index contributed by atoms with van der Waals surface area (Å²) in [6, 6.07) is 8.45. The molecule has 0 unspecified atom stereocenters. The van der Waals surface area contributed by atoms with Crippen LogP contribution in [0, 0.1) is 24.2 Å². The maximum Gasteiger partial charge on any atom is 0.325 e. The number of anilines is 1. The first-order valence-electron chi connectivity index (χ1n) is 9.67. The molecule has 2 aromatic rings. The van der Waals surface area contributed by atoms with Crippen molar-refractivity contribution in [3.8, 4) is 17.7 Å². The van der Waals surface area contributed by atoms with Crippen molar-refractivity contribution in [3.63, 3.8) is 0 Å². The Hall–Kier alpha value is -4.20. The van der Waals surface area contributed by atoms with E-state index in [2.05, 4.69) is 30.7 Å². The molecular weight excluding hydrogens is 416 g/mol. The highest BCUT2D eigenvalue weighted by molar-refractivity contribution is 5.93. The average Bonchev–Trinajstić information content (AvgIpc) is 2.75. The number of esters is 1. The van der Waals surface area contributed by atoms with E-state index < -0.39 is 23.9 Å². The molecule has 0 radical (unpaired) electrons. The Morgan fingerprint density at radius 3 is 2.44 bits per heavy atom. The predicted octanol–water partition coefficient (Wildman–Crippen LogP) is 1.88. The molecule has 0 fully saturated rings. The normalized spacial score (nSPS) is 11.1. The molecule has 168 valence electrons. The van der Waals surface area contributed by atoms with E-state index in [1.165, 1.54) is 7.11 Å². The largest absolute Gasteiger partial charge is 0.468 e. The second-order valence-corrected chi connectivity index (χ2v) is 7.02. The number of methoxy groups -OCH3 is 1. The molecule has 3 N–H and O–H groups in total. The molecule has 2 rings (SSSR count). The minimum absolute atomic E-state index is 0.0244. The van der Waals surface area contributed by atoms with Gasteiger partial charge in [-0.15, -0.1) is 0 Å². The highest BCUT2D eigenvalue weighted by Crippen LogP contribution is 2.21. The van der Waals surface area contributed by atoms with Gasteiger partial charge >= 0.3 is 12.0 Å². The van der Waals surface area contributed by atoms with Crippen molar-refractivity contribution in [2.24, 2.45) is 5.92 Å². The van der Waals surface area contributed by atoms with Crippen molar-refractivity contribution >= 4 is 23.9 Å². The summed E-state index contributed by atoms with van der Waals surface area (Å²) >= 11 is 0. The second kappa shape index (κ2) is 11.3. The maximum atomic E-state index is 12.4. The predicted molar refractivity (Wildman–Crippen MR) is 114 cm³/mol. The molecule has 0 aliphatic rings. The zero-order chi connectivity index (χ0) is 23.7. The number of carbonyl (C=O) groups excluding carboxylic acids is 3. The number of amides is 3. The lowest BCUT2D eigenvalue weighted by molar-refractivity contribution is -0.141. The third-order valence-corrected chi connectivity index (χ3v) is 4.13. The Labute approximate surface area is 185 Å². The Kier molecular flexibility index (Phi) is 8.47. The molecule has 11 heteroatoms. The van der Waals surface area contributed by atoms with Gasteiger partial charge < -0.3 is 20.1 Å². The highest BCUT2D eigenvalue weighted by atomic mass is 16.5. The summed E-state index contributed by atoms with van der Waals surface area (Å²) in [6.45, 7) is 4.89. The van der Waals surface area contributed by atoms with Crippen LogP contribution in [0.4, 0.5) is 10.7 Å². The molecule has 1 aromatic heterocycles. The number of aromatic nitrogens is 2. The van der Waals surface area contributed by atoms with E-state index in [9.17, 15) is 14.4 Å². The summed E-state index contributed by atoms with van der Waals surface area (Å²) < 4.78 is 10.1. The standard InChI is InChI=1S/C21H24N6O5/c1-12(2)18(19(29)23-11-17(28)31-4)26-21(30)27-20-24-13(3)9-16(25-20)32-15-7-5-14(10-22)6-8-15/h5-9,12,18H,11H2,1-4H3,(H,23,29)(H2,24,25,26,27,30)/t18-/m0/s1. The van der Waals surface area contributed by atoms with E-state index in [4.69, 9.17) is 10.00 Å². The van der Waals surface area contributed by atoms with Gasteiger partial charge in [-0.05, 0) is 37.1 Å². The number of nitriles is 1. The molecule has 3 amide bonds. The van der Waals surface area contributed by atoms with Crippen LogP contribution in [0.25, 0.3) is 0 Å². The Morgan fingerprint density at radius 2 is 1.84 bits per heavy atom. The van der Waals surface area contributed by atoms with Gasteiger partial charge in [0, 0.05) is 11.8 Å². The lowest BCUT2D eigenvalue weighted by Crippen LogP contribution is -2.51. The van der Waals surface area contributed by atoms with Gasteiger partial charge in [-0.3, -0.25) is 14.9 Å². The quantitative estimate of drug-likeness (QED) is 0.526. The smallest absolute Gasteiger partial charge is 0.325 e. The van der Waals surface area contributed by atoms with Crippen LogP contribution in [-0.2, 0) is 14.3 Å². The van der Waals surface area contributed by atoms with Gasteiger partial charge in [0.1, 0.15) is 18.3 Å². The number of nitrogens with zero attached hydrogens (tertiary/aromatic N) is 3. The van der Waals surface area contributed by atoms with Crippen molar-refractivity contribution in [3.05, 3.63) is 41.6 Å². The topological polar surface area (TPSA) is 155 Å². The number of aryl methyl sites for hydroxylation is 1. The van der Waals surface area contributed by atoms with E-state index in [1.807, 2.05) is 6.07 Å². The molecule has 1 aromatic carbocycles. The van der Waals surface area contributed by atoms with Gasteiger partial charge in [0.25, 0.3) is 0 Å². The van der Waals surface area contributed by atoms with Crippen molar-refractivity contribution in [2.45, 2.75) is 26.8 Å². The summed E-state index contributed by atoms with van der Waals surface area (Å²) in [5.74, 6) is -0.770. The van der Waals surface area contributed by atoms with Gasteiger partial charge in [-0.1, -0.05) is 13.8 Å². The van der Waals surface area contributed by atoms with Crippen molar-refractivity contribution in [2.75, 3.05) is 19.0 Å². The zero-order valence-electron chi connectivity index (χ0n) is 18.1. The first kappa shape index (κ1) is 24.1. The number of benzene rings is 1. The molecule has 32 heavy (non-hydrogen) atoms. The van der Waals surface area contributed by atoms with Crippen LogP contribution in [0.3, 0.4) is 0 Å². The van der Waals surface area contributed by atoms with Gasteiger partial charge in [0.05, 0.1) is 18.7 Å². The number of rotatable bonds is 8. The van der Waals surface area contributed by atoms with Gasteiger partial charge in [0.2, 0.25) is 17.7 Å². The molecule has 0 saturated heterocycles. The molecule has 0 saturated carbocycles. The van der Waals surface area contributed by atoms with E-state index in [-0.39, 0.29) is 24.3 Å². The lowest BCUT2D eigenvalue weighted by atomic mass is 10.0. The van der Waals surface area contributed by atoms with Crippen LogP contribution in [0.2, 0.25) is 0 Å². The van der Waals surface area contributed by atoms with Crippen molar-refractivity contribution in [1.29, 1.82) is 5.26 Å². The van der Waals surface area contributed by atoms with Crippen molar-refractivity contribution < 1.29 is 23.9 Å². The fourth-order valence-corrected chi connectivity index (χ4v) is 2.52. The number of nitrogens with one attached hydrogen (secondary N) is 3. The molecule has 0 bridgehead atoms. The third-order valence-electron chi connectivity index (χ3n) is 4.13. The molecule has 0 spiro atoms. The lowest BCUT2D eigenvalue weighted by Gasteiger charge is -2.21. The third kappa shape index (κ3) is 7.24. The monoisotopic (exact) mass is 440 g/mol. The molecule has 0 aliphatic carbocycles. The first-order chi connectivity index (χ1) is 15.2. The molecule has 11 nitrogen and oxygen atoms in total. The van der Waals surface area contributed by atoms with Crippen LogP contribution in [0.15, 0.2) is 30.3 Å². The Morgan fingerprint density at radius 1 is 1.16 bits per heavy atom. The van der Waals surface area contributed by atoms with E-state index in [0.717, 1.165) is 0 Å². The molecular formula is C21H24N6O5. The summed E-state index contributed by atoms with van der Waals surface area (Å²) in [5.41, 5.74) is 1.03. The molecule has 0 aliphatic heterocycles. The SMILES string of the molecule is COC(=O)CNC(=O)[C@@H](NC(=O)Nc1nc(C)cc(Oc2ccc(C#N)cc2)n1)C(C)C. The first-order valence-corrected chi connectivity index (χ1v) is 9.67. The van der Waals surface area contributed by atoms with Gasteiger partial charge in [-0.2, -0.15) is 10.2 Å². The highest BCUT2D eigenvalue weighted by Gasteiger charge is 2.25. The van der Waals surface area contributed by atoms with Crippen LogP contribution in [-0.4, -0.2) is 47.6 Å².